The summed E-state index contributed by atoms with van der Waals surface area (Å²) in [6, 6.07) is 2.54. The number of esters is 1. The summed E-state index contributed by atoms with van der Waals surface area (Å²) < 4.78 is 6.06. The summed E-state index contributed by atoms with van der Waals surface area (Å²) >= 11 is 11.8. The Balaban J connectivity index is 1.69. The first-order chi connectivity index (χ1) is 11.4. The zero-order chi connectivity index (χ0) is 17.4. The molecule has 0 bridgehead atoms. The van der Waals surface area contributed by atoms with E-state index >= 15 is 0 Å². The first-order valence-electron chi connectivity index (χ1n) is 6.88. The largest absolute Gasteiger partial charge is 0.507 e. The minimum absolute atomic E-state index is 0.00774. The number of halogens is 2. The number of aromatic nitrogens is 3. The average Bonchev–Trinajstić information content (AvgIpc) is 2.93. The van der Waals surface area contributed by atoms with Crippen molar-refractivity contribution in [1.29, 1.82) is 0 Å². The van der Waals surface area contributed by atoms with E-state index < -0.39 is 11.9 Å². The summed E-state index contributed by atoms with van der Waals surface area (Å²) in [5.74, 6) is -1.25. The number of phenolic OH excluding ortho intramolecular Hbond substituents is 1. The number of carbonyl (C=O) groups excluding carboxylic acids is 2. The van der Waals surface area contributed by atoms with Gasteiger partial charge in [-0.3, -0.25) is 4.79 Å². The van der Waals surface area contributed by atoms with Gasteiger partial charge in [-0.15, -0.1) is 5.10 Å². The van der Waals surface area contributed by atoms with E-state index in [-0.39, 0.29) is 33.1 Å². The van der Waals surface area contributed by atoms with Crippen molar-refractivity contribution in [2.45, 2.75) is 6.04 Å². The van der Waals surface area contributed by atoms with Crippen LogP contribution in [0.4, 0.5) is 0 Å². The molecule has 1 fully saturated rings. The fraction of sp³-hybridized carbons (Fsp3) is 0.286. The second kappa shape index (κ2) is 6.29. The molecule has 2 aromatic rings. The molecular formula is C14H12Cl2N4O4. The van der Waals surface area contributed by atoms with E-state index in [9.17, 15) is 14.7 Å². The smallest absolute Gasteiger partial charge is 0.360 e. The van der Waals surface area contributed by atoms with Crippen molar-refractivity contribution in [1.82, 2.24) is 19.9 Å². The molecule has 1 aliphatic rings. The van der Waals surface area contributed by atoms with Crippen molar-refractivity contribution in [2.75, 3.05) is 20.2 Å². The average molecular weight is 371 g/mol. The number of aromatic hydroxyl groups is 1. The Morgan fingerprint density at radius 1 is 1.33 bits per heavy atom. The Morgan fingerprint density at radius 2 is 2.04 bits per heavy atom. The van der Waals surface area contributed by atoms with E-state index in [2.05, 4.69) is 15.0 Å². The Hall–Kier alpha value is -2.32. The summed E-state index contributed by atoms with van der Waals surface area (Å²) in [6.45, 7) is 0.697. The number of methoxy groups -OCH3 is 1. The molecule has 1 N–H and O–H groups in total. The standard InChI is InChI=1S/C14H12Cl2N4O4/c1-24-14(23)10-6-20(18-17-10)8-4-19(5-8)13(22)12-9(16)2-7(15)3-11(12)21/h2-3,6,8,21H,4-5H2,1H3. The number of hydrogen-bond acceptors (Lipinski definition) is 6. The zero-order valence-corrected chi connectivity index (χ0v) is 14.0. The molecule has 1 aliphatic heterocycles. The van der Waals surface area contributed by atoms with Crippen LogP contribution in [0.3, 0.4) is 0 Å². The van der Waals surface area contributed by atoms with Crippen LogP contribution in [0.1, 0.15) is 26.9 Å². The second-order valence-electron chi connectivity index (χ2n) is 5.22. The van der Waals surface area contributed by atoms with Gasteiger partial charge in [-0.05, 0) is 12.1 Å². The molecule has 1 aromatic heterocycles. The van der Waals surface area contributed by atoms with E-state index in [1.54, 1.807) is 0 Å². The van der Waals surface area contributed by atoms with Gasteiger partial charge in [0.05, 0.1) is 29.9 Å². The van der Waals surface area contributed by atoms with Crippen molar-refractivity contribution >= 4 is 35.1 Å². The first kappa shape index (κ1) is 16.5. The number of ether oxygens (including phenoxy) is 1. The number of benzene rings is 1. The molecule has 0 spiro atoms. The van der Waals surface area contributed by atoms with Gasteiger partial charge in [0, 0.05) is 18.1 Å². The van der Waals surface area contributed by atoms with E-state index in [4.69, 9.17) is 23.2 Å². The van der Waals surface area contributed by atoms with Gasteiger partial charge in [0.2, 0.25) is 0 Å². The third kappa shape index (κ3) is 2.90. The Morgan fingerprint density at radius 3 is 2.67 bits per heavy atom. The van der Waals surface area contributed by atoms with Gasteiger partial charge in [0.25, 0.3) is 5.91 Å². The number of rotatable bonds is 3. The molecule has 0 unspecified atom stereocenters. The van der Waals surface area contributed by atoms with Gasteiger partial charge in [0.1, 0.15) is 5.75 Å². The molecule has 0 atom stereocenters. The van der Waals surface area contributed by atoms with Gasteiger partial charge in [-0.25, -0.2) is 9.48 Å². The van der Waals surface area contributed by atoms with Crippen LogP contribution in [0, 0.1) is 0 Å². The van der Waals surface area contributed by atoms with E-state index in [0.717, 1.165) is 0 Å². The highest BCUT2D eigenvalue weighted by molar-refractivity contribution is 6.37. The minimum Gasteiger partial charge on any atom is -0.507 e. The summed E-state index contributed by atoms with van der Waals surface area (Å²) in [5, 5.41) is 17.8. The maximum Gasteiger partial charge on any atom is 0.360 e. The normalized spacial score (nSPS) is 14.4. The van der Waals surface area contributed by atoms with Crippen LogP contribution in [0.5, 0.6) is 5.75 Å². The molecule has 2 heterocycles. The maximum atomic E-state index is 12.4. The number of amides is 1. The van der Waals surface area contributed by atoms with Gasteiger partial charge in [0.15, 0.2) is 5.69 Å². The van der Waals surface area contributed by atoms with Crippen molar-refractivity contribution in [3.05, 3.63) is 39.6 Å². The highest BCUT2D eigenvalue weighted by atomic mass is 35.5. The van der Waals surface area contributed by atoms with Crippen LogP contribution < -0.4 is 0 Å². The van der Waals surface area contributed by atoms with Gasteiger partial charge in [-0.2, -0.15) is 0 Å². The van der Waals surface area contributed by atoms with Crippen LogP contribution in [-0.2, 0) is 4.74 Å². The highest BCUT2D eigenvalue weighted by Crippen LogP contribution is 2.33. The number of likely N-dealkylation sites (tertiary alicyclic amines) is 1. The molecule has 3 rings (SSSR count). The van der Waals surface area contributed by atoms with E-state index in [1.165, 1.54) is 35.0 Å². The summed E-state index contributed by atoms with van der Waals surface area (Å²) in [5.41, 5.74) is 0.106. The van der Waals surface area contributed by atoms with Crippen LogP contribution in [-0.4, -0.2) is 57.1 Å². The van der Waals surface area contributed by atoms with Gasteiger partial charge in [-0.1, -0.05) is 28.4 Å². The van der Waals surface area contributed by atoms with Crippen LogP contribution in [0.2, 0.25) is 10.0 Å². The molecular weight excluding hydrogens is 359 g/mol. The lowest BCUT2D eigenvalue weighted by Gasteiger charge is -2.39. The predicted octanol–water partition coefficient (Wildman–Crippen LogP) is 1.77. The third-order valence-corrected chi connectivity index (χ3v) is 4.19. The summed E-state index contributed by atoms with van der Waals surface area (Å²) in [6.07, 6.45) is 1.46. The van der Waals surface area contributed by atoms with Crippen LogP contribution in [0.15, 0.2) is 18.3 Å². The topological polar surface area (TPSA) is 97.5 Å². The van der Waals surface area contributed by atoms with Gasteiger partial charge >= 0.3 is 5.97 Å². The molecule has 10 heteroatoms. The zero-order valence-electron chi connectivity index (χ0n) is 12.4. The second-order valence-corrected chi connectivity index (χ2v) is 6.06. The number of nitrogens with zero attached hydrogens (tertiary/aromatic N) is 4. The molecule has 1 aromatic carbocycles. The fourth-order valence-corrected chi connectivity index (χ4v) is 2.94. The molecule has 24 heavy (non-hydrogen) atoms. The van der Waals surface area contributed by atoms with Crippen molar-refractivity contribution in [3.8, 4) is 5.75 Å². The lowest BCUT2D eigenvalue weighted by atomic mass is 10.1. The van der Waals surface area contributed by atoms with Crippen molar-refractivity contribution in [3.63, 3.8) is 0 Å². The lowest BCUT2D eigenvalue weighted by molar-refractivity contribution is 0.0494. The molecule has 8 nitrogen and oxygen atoms in total. The lowest BCUT2D eigenvalue weighted by Crippen LogP contribution is -2.51. The van der Waals surface area contributed by atoms with Crippen molar-refractivity contribution in [2.24, 2.45) is 0 Å². The summed E-state index contributed by atoms with van der Waals surface area (Å²) in [4.78, 5) is 25.3. The quantitative estimate of drug-likeness (QED) is 0.826. The number of phenols is 1. The third-order valence-electron chi connectivity index (χ3n) is 3.68. The molecule has 0 aliphatic carbocycles. The molecule has 0 saturated carbocycles. The SMILES string of the molecule is COC(=O)c1cn(C2CN(C(=O)c3c(O)cc(Cl)cc3Cl)C2)nn1. The Kier molecular flexibility index (Phi) is 4.33. The fourth-order valence-electron chi connectivity index (χ4n) is 2.37. The van der Waals surface area contributed by atoms with E-state index in [0.29, 0.717) is 13.1 Å². The molecule has 1 amide bonds. The minimum atomic E-state index is -0.577. The van der Waals surface area contributed by atoms with Crippen LogP contribution >= 0.6 is 23.2 Å². The number of hydrogen-bond donors (Lipinski definition) is 1. The van der Waals surface area contributed by atoms with Crippen LogP contribution in [0.25, 0.3) is 0 Å². The van der Waals surface area contributed by atoms with E-state index in [1.807, 2.05) is 0 Å². The number of carbonyl (C=O) groups is 2. The Labute approximate surface area is 146 Å². The monoisotopic (exact) mass is 370 g/mol. The molecule has 1 saturated heterocycles. The maximum absolute atomic E-state index is 12.4. The molecule has 0 radical (unpaired) electrons. The first-order valence-corrected chi connectivity index (χ1v) is 7.63. The van der Waals surface area contributed by atoms with Crippen molar-refractivity contribution < 1.29 is 19.4 Å². The van der Waals surface area contributed by atoms with Gasteiger partial charge < -0.3 is 14.7 Å². The summed E-state index contributed by atoms with van der Waals surface area (Å²) in [7, 11) is 1.26. The Bertz CT molecular complexity index is 794. The molecule has 126 valence electrons. The highest BCUT2D eigenvalue weighted by Gasteiger charge is 2.35. The predicted molar refractivity (Wildman–Crippen MR) is 84.4 cm³/mol.